The Labute approximate surface area is 122 Å². The van der Waals surface area contributed by atoms with Crippen LogP contribution >= 0.6 is 11.8 Å². The lowest BCUT2D eigenvalue weighted by Gasteiger charge is -2.37. The van der Waals surface area contributed by atoms with Gasteiger partial charge in [-0.25, -0.2) is 0 Å². The lowest BCUT2D eigenvalue weighted by molar-refractivity contribution is 0.367. The third kappa shape index (κ3) is 4.00. The summed E-state index contributed by atoms with van der Waals surface area (Å²) >= 11 is 2.07. The number of rotatable bonds is 5. The standard InChI is InChI=1S/C17H27NS/c1-14-8-7-9-16(12-14)15(2)18-13-17(19-3)10-5-4-6-11-17/h7-9,12,15,18H,4-6,10-11,13H2,1-3H3. The van der Waals surface area contributed by atoms with Crippen molar-refractivity contribution in [2.45, 2.75) is 56.7 Å². The molecule has 1 aromatic rings. The molecule has 0 saturated heterocycles. The summed E-state index contributed by atoms with van der Waals surface area (Å²) in [5.74, 6) is 0. The zero-order chi connectivity index (χ0) is 13.7. The van der Waals surface area contributed by atoms with E-state index in [-0.39, 0.29) is 0 Å². The van der Waals surface area contributed by atoms with Crippen LogP contribution in [-0.4, -0.2) is 17.5 Å². The Balaban J connectivity index is 1.93. The lowest BCUT2D eigenvalue weighted by atomic mass is 9.88. The number of thioether (sulfide) groups is 1. The van der Waals surface area contributed by atoms with Gasteiger partial charge in [-0.05, 0) is 38.5 Å². The van der Waals surface area contributed by atoms with Gasteiger partial charge in [-0.1, -0.05) is 49.1 Å². The number of hydrogen-bond acceptors (Lipinski definition) is 2. The molecule has 1 nitrogen and oxygen atoms in total. The molecule has 0 radical (unpaired) electrons. The molecule has 1 unspecified atom stereocenters. The van der Waals surface area contributed by atoms with E-state index in [1.54, 1.807) is 0 Å². The zero-order valence-corrected chi connectivity index (χ0v) is 13.4. The summed E-state index contributed by atoms with van der Waals surface area (Å²) in [4.78, 5) is 0. The first-order valence-electron chi connectivity index (χ1n) is 7.50. The highest BCUT2D eigenvalue weighted by atomic mass is 32.2. The fourth-order valence-electron chi connectivity index (χ4n) is 3.05. The molecule has 2 heteroatoms. The molecule has 0 bridgehead atoms. The molecule has 1 fully saturated rings. The van der Waals surface area contributed by atoms with Gasteiger partial charge in [0.05, 0.1) is 0 Å². The van der Waals surface area contributed by atoms with Crippen molar-refractivity contribution in [3.05, 3.63) is 35.4 Å². The predicted octanol–water partition coefficient (Wildman–Crippen LogP) is 4.71. The van der Waals surface area contributed by atoms with Gasteiger partial charge in [0.2, 0.25) is 0 Å². The van der Waals surface area contributed by atoms with E-state index >= 15 is 0 Å². The van der Waals surface area contributed by atoms with E-state index in [0.717, 1.165) is 6.54 Å². The van der Waals surface area contributed by atoms with Gasteiger partial charge in [-0.3, -0.25) is 0 Å². The van der Waals surface area contributed by atoms with Crippen LogP contribution in [0, 0.1) is 6.92 Å². The smallest absolute Gasteiger partial charge is 0.0292 e. The third-order valence-electron chi connectivity index (χ3n) is 4.47. The summed E-state index contributed by atoms with van der Waals surface area (Å²) < 4.78 is 0.482. The van der Waals surface area contributed by atoms with Gasteiger partial charge in [0.25, 0.3) is 0 Å². The van der Waals surface area contributed by atoms with Crippen LogP contribution in [-0.2, 0) is 0 Å². The first-order valence-corrected chi connectivity index (χ1v) is 8.73. The molecule has 0 aliphatic heterocycles. The van der Waals surface area contributed by atoms with Crippen molar-refractivity contribution < 1.29 is 0 Å². The highest BCUT2D eigenvalue weighted by molar-refractivity contribution is 8.00. The first-order chi connectivity index (χ1) is 9.15. The number of hydrogen-bond donors (Lipinski definition) is 1. The highest BCUT2D eigenvalue weighted by Gasteiger charge is 2.31. The van der Waals surface area contributed by atoms with E-state index < -0.39 is 0 Å². The molecule has 0 spiro atoms. The maximum atomic E-state index is 3.77. The average molecular weight is 277 g/mol. The van der Waals surface area contributed by atoms with Gasteiger partial charge >= 0.3 is 0 Å². The van der Waals surface area contributed by atoms with E-state index in [4.69, 9.17) is 0 Å². The molecule has 1 atom stereocenters. The fourth-order valence-corrected chi connectivity index (χ4v) is 3.97. The molecule has 0 amide bonds. The SMILES string of the molecule is CSC1(CNC(C)c2cccc(C)c2)CCCCC1. The summed E-state index contributed by atoms with van der Waals surface area (Å²) in [6.07, 6.45) is 9.27. The van der Waals surface area contributed by atoms with E-state index in [1.807, 2.05) is 0 Å². The number of nitrogens with one attached hydrogen (secondary N) is 1. The molecule has 0 aromatic heterocycles. The minimum absolute atomic E-state index is 0.450. The van der Waals surface area contributed by atoms with Crippen molar-refractivity contribution in [2.75, 3.05) is 12.8 Å². The normalized spacial score (nSPS) is 20.2. The Kier molecular flexibility index (Phi) is 5.35. The van der Waals surface area contributed by atoms with E-state index in [0.29, 0.717) is 10.8 Å². The molecule has 1 saturated carbocycles. The van der Waals surface area contributed by atoms with E-state index in [9.17, 15) is 0 Å². The molecular formula is C17H27NS. The van der Waals surface area contributed by atoms with Crippen LogP contribution < -0.4 is 5.32 Å². The maximum absolute atomic E-state index is 3.77. The molecule has 106 valence electrons. The molecule has 2 rings (SSSR count). The van der Waals surface area contributed by atoms with Crippen LogP contribution in [0.5, 0.6) is 0 Å². The van der Waals surface area contributed by atoms with E-state index in [2.05, 4.69) is 61.4 Å². The summed E-state index contributed by atoms with van der Waals surface area (Å²) in [7, 11) is 0. The highest BCUT2D eigenvalue weighted by Crippen LogP contribution is 2.38. The van der Waals surface area contributed by atoms with Gasteiger partial charge < -0.3 is 5.32 Å². The largest absolute Gasteiger partial charge is 0.309 e. The lowest BCUT2D eigenvalue weighted by Crippen LogP contribution is -2.40. The topological polar surface area (TPSA) is 12.0 Å². The van der Waals surface area contributed by atoms with Gasteiger partial charge in [0.1, 0.15) is 0 Å². The molecular weight excluding hydrogens is 250 g/mol. The maximum Gasteiger partial charge on any atom is 0.0292 e. The summed E-state index contributed by atoms with van der Waals surface area (Å²) in [5.41, 5.74) is 2.76. The minimum atomic E-state index is 0.450. The predicted molar refractivity (Wildman–Crippen MR) is 86.9 cm³/mol. The summed E-state index contributed by atoms with van der Waals surface area (Å²) in [6, 6.07) is 9.31. The van der Waals surface area contributed by atoms with Crippen molar-refractivity contribution in [1.29, 1.82) is 0 Å². The monoisotopic (exact) mass is 277 g/mol. The molecule has 1 aromatic carbocycles. The molecule has 19 heavy (non-hydrogen) atoms. The minimum Gasteiger partial charge on any atom is -0.309 e. The van der Waals surface area contributed by atoms with Crippen molar-refractivity contribution in [2.24, 2.45) is 0 Å². The Morgan fingerprint density at radius 1 is 1.26 bits per heavy atom. The first kappa shape index (κ1) is 14.9. The summed E-state index contributed by atoms with van der Waals surface area (Å²) in [6.45, 7) is 5.59. The Bertz CT molecular complexity index is 396. The zero-order valence-electron chi connectivity index (χ0n) is 12.5. The van der Waals surface area contributed by atoms with Crippen LogP contribution in [0.2, 0.25) is 0 Å². The Morgan fingerprint density at radius 2 is 2.00 bits per heavy atom. The van der Waals surface area contributed by atoms with E-state index in [1.165, 1.54) is 43.2 Å². The van der Waals surface area contributed by atoms with Crippen LogP contribution in [0.3, 0.4) is 0 Å². The van der Waals surface area contributed by atoms with Gasteiger partial charge in [0.15, 0.2) is 0 Å². The third-order valence-corrected chi connectivity index (χ3v) is 5.89. The second kappa shape index (κ2) is 6.81. The Hall–Kier alpha value is -0.470. The van der Waals surface area contributed by atoms with Crippen molar-refractivity contribution >= 4 is 11.8 Å². The van der Waals surface area contributed by atoms with Crippen LogP contribution in [0.1, 0.15) is 56.2 Å². The molecule has 1 aliphatic rings. The fraction of sp³-hybridized carbons (Fsp3) is 0.647. The molecule has 0 heterocycles. The van der Waals surface area contributed by atoms with Crippen molar-refractivity contribution in [1.82, 2.24) is 5.32 Å². The average Bonchev–Trinajstić information content (AvgIpc) is 2.46. The second-order valence-corrected chi connectivity index (χ2v) is 7.24. The van der Waals surface area contributed by atoms with Crippen molar-refractivity contribution in [3.63, 3.8) is 0 Å². The summed E-state index contributed by atoms with van der Waals surface area (Å²) in [5, 5.41) is 3.77. The van der Waals surface area contributed by atoms with Crippen LogP contribution in [0.4, 0.5) is 0 Å². The van der Waals surface area contributed by atoms with Gasteiger partial charge in [-0.2, -0.15) is 11.8 Å². The van der Waals surface area contributed by atoms with Gasteiger partial charge in [-0.15, -0.1) is 0 Å². The van der Waals surface area contributed by atoms with Crippen molar-refractivity contribution in [3.8, 4) is 0 Å². The number of aryl methyl sites for hydroxylation is 1. The van der Waals surface area contributed by atoms with Crippen LogP contribution in [0.25, 0.3) is 0 Å². The molecule has 1 N–H and O–H groups in total. The second-order valence-electron chi connectivity index (χ2n) is 5.96. The van der Waals surface area contributed by atoms with Crippen LogP contribution in [0.15, 0.2) is 24.3 Å². The number of benzene rings is 1. The Morgan fingerprint density at radius 3 is 2.63 bits per heavy atom. The quantitative estimate of drug-likeness (QED) is 0.836. The van der Waals surface area contributed by atoms with Gasteiger partial charge in [0, 0.05) is 17.3 Å². The molecule has 1 aliphatic carbocycles.